The van der Waals surface area contributed by atoms with Crippen LogP contribution >= 0.6 is 0 Å². The molecule has 0 aliphatic heterocycles. The first kappa shape index (κ1) is 16.7. The lowest BCUT2D eigenvalue weighted by Crippen LogP contribution is -2.38. The van der Waals surface area contributed by atoms with Crippen molar-refractivity contribution in [2.45, 2.75) is 20.3 Å². The van der Waals surface area contributed by atoms with Gasteiger partial charge in [-0.15, -0.1) is 0 Å². The lowest BCUT2D eigenvalue weighted by atomic mass is 10.1. The zero-order chi connectivity index (χ0) is 16.8. The number of esters is 1. The van der Waals surface area contributed by atoms with Gasteiger partial charge in [-0.2, -0.15) is 0 Å². The minimum Gasteiger partial charge on any atom is -0.468 e. The van der Waals surface area contributed by atoms with E-state index in [1.54, 1.807) is 0 Å². The fourth-order valence-electron chi connectivity index (χ4n) is 2.58. The summed E-state index contributed by atoms with van der Waals surface area (Å²) >= 11 is 0. The number of hydrogen-bond donors (Lipinski definition) is 0. The van der Waals surface area contributed by atoms with E-state index in [0.717, 1.165) is 22.4 Å². The highest BCUT2D eigenvalue weighted by Crippen LogP contribution is 2.25. The van der Waals surface area contributed by atoms with E-state index in [0.29, 0.717) is 0 Å². The third-order valence-corrected chi connectivity index (χ3v) is 3.72. The molecule has 0 atom stereocenters. The molecule has 23 heavy (non-hydrogen) atoms. The predicted molar refractivity (Wildman–Crippen MR) is 90.4 cm³/mol. The Kier molecular flexibility index (Phi) is 5.52. The van der Waals surface area contributed by atoms with Crippen LogP contribution in [0.4, 0.5) is 5.69 Å². The van der Waals surface area contributed by atoms with Crippen LogP contribution in [0.15, 0.2) is 48.5 Å². The molecule has 0 saturated heterocycles. The predicted octanol–water partition coefficient (Wildman–Crippen LogP) is 3.05. The van der Waals surface area contributed by atoms with Crippen molar-refractivity contribution in [2.24, 2.45) is 0 Å². The van der Waals surface area contributed by atoms with Crippen LogP contribution < -0.4 is 4.90 Å². The van der Waals surface area contributed by atoms with E-state index in [2.05, 4.69) is 0 Å². The van der Waals surface area contributed by atoms with Crippen molar-refractivity contribution in [1.82, 2.24) is 0 Å². The maximum Gasteiger partial charge on any atom is 0.325 e. The molecule has 0 aliphatic carbocycles. The van der Waals surface area contributed by atoms with Crippen molar-refractivity contribution in [3.8, 4) is 0 Å². The molecule has 0 spiro atoms. The molecule has 0 N–H and O–H groups in total. The van der Waals surface area contributed by atoms with Gasteiger partial charge in [-0.25, -0.2) is 0 Å². The van der Waals surface area contributed by atoms with Crippen LogP contribution in [0.2, 0.25) is 0 Å². The number of amides is 1. The number of carbonyl (C=O) groups excluding carboxylic acids is 2. The van der Waals surface area contributed by atoms with Gasteiger partial charge in [-0.1, -0.05) is 48.5 Å². The van der Waals surface area contributed by atoms with Crippen molar-refractivity contribution in [3.05, 3.63) is 65.2 Å². The van der Waals surface area contributed by atoms with Crippen molar-refractivity contribution >= 4 is 17.6 Å². The molecule has 4 nitrogen and oxygen atoms in total. The summed E-state index contributed by atoms with van der Waals surface area (Å²) in [6.07, 6.45) is 0.242. The summed E-state index contributed by atoms with van der Waals surface area (Å²) in [6, 6.07) is 15.3. The molecule has 0 unspecified atom stereocenters. The molecule has 0 fully saturated rings. The third kappa shape index (κ3) is 4.19. The summed E-state index contributed by atoms with van der Waals surface area (Å²) < 4.78 is 4.75. The molecule has 0 radical (unpaired) electrons. The van der Waals surface area contributed by atoms with Gasteiger partial charge in [0.15, 0.2) is 0 Å². The number of anilines is 1. The second-order valence-electron chi connectivity index (χ2n) is 5.46. The number of ether oxygens (including phenoxy) is 1. The number of benzene rings is 2. The molecular formula is C19H21NO3. The molecule has 4 heteroatoms. The van der Waals surface area contributed by atoms with Crippen LogP contribution in [0.3, 0.4) is 0 Å². The number of rotatable bonds is 5. The number of hydrogen-bond acceptors (Lipinski definition) is 3. The van der Waals surface area contributed by atoms with Gasteiger partial charge in [0, 0.05) is 0 Å². The zero-order valence-electron chi connectivity index (χ0n) is 13.7. The Hall–Kier alpha value is -2.62. The topological polar surface area (TPSA) is 46.6 Å². The number of carbonyl (C=O) groups is 2. The average Bonchev–Trinajstić information content (AvgIpc) is 2.54. The fraction of sp³-hybridized carbons (Fsp3) is 0.263. The van der Waals surface area contributed by atoms with Gasteiger partial charge in [0.2, 0.25) is 5.91 Å². The first-order valence-electron chi connectivity index (χ1n) is 7.50. The molecular weight excluding hydrogens is 290 g/mol. The van der Waals surface area contributed by atoms with Crippen molar-refractivity contribution in [1.29, 1.82) is 0 Å². The Balaban J connectivity index is 2.34. The van der Waals surface area contributed by atoms with Crippen molar-refractivity contribution < 1.29 is 14.3 Å². The van der Waals surface area contributed by atoms with E-state index in [4.69, 9.17) is 4.74 Å². The smallest absolute Gasteiger partial charge is 0.325 e. The number of para-hydroxylation sites is 1. The molecule has 2 aromatic rings. The second kappa shape index (κ2) is 7.58. The maximum absolute atomic E-state index is 12.8. The van der Waals surface area contributed by atoms with E-state index >= 15 is 0 Å². The van der Waals surface area contributed by atoms with Crippen LogP contribution in [0.1, 0.15) is 16.7 Å². The Morgan fingerprint density at radius 2 is 1.57 bits per heavy atom. The molecule has 2 rings (SSSR count). The molecule has 0 bridgehead atoms. The van der Waals surface area contributed by atoms with Gasteiger partial charge in [-0.3, -0.25) is 9.59 Å². The third-order valence-electron chi connectivity index (χ3n) is 3.72. The molecule has 0 aromatic heterocycles. The summed E-state index contributed by atoms with van der Waals surface area (Å²) in [4.78, 5) is 26.1. The van der Waals surface area contributed by atoms with Crippen LogP contribution in [0, 0.1) is 13.8 Å². The van der Waals surface area contributed by atoms with Crippen LogP contribution in [-0.2, 0) is 20.7 Å². The van der Waals surface area contributed by atoms with E-state index in [-0.39, 0.29) is 18.9 Å². The van der Waals surface area contributed by atoms with Crippen molar-refractivity contribution in [2.75, 3.05) is 18.6 Å². The molecule has 0 saturated carbocycles. The van der Waals surface area contributed by atoms with Crippen LogP contribution in [0.25, 0.3) is 0 Å². The van der Waals surface area contributed by atoms with Gasteiger partial charge in [-0.05, 0) is 30.5 Å². The fourth-order valence-corrected chi connectivity index (χ4v) is 2.58. The highest BCUT2D eigenvalue weighted by Gasteiger charge is 2.22. The van der Waals surface area contributed by atoms with E-state index in [1.807, 2.05) is 62.4 Å². The van der Waals surface area contributed by atoms with Gasteiger partial charge in [0.1, 0.15) is 6.54 Å². The minimum absolute atomic E-state index is 0.0894. The molecule has 2 aromatic carbocycles. The molecule has 0 aliphatic rings. The standard InChI is InChI=1S/C19H21NO3/c1-14-8-7-9-15(2)19(14)20(13-18(22)23-3)17(21)12-16-10-5-4-6-11-16/h4-11H,12-13H2,1-3H3. The van der Waals surface area contributed by atoms with Gasteiger partial charge >= 0.3 is 5.97 Å². The Labute approximate surface area is 136 Å². The van der Waals surface area contributed by atoms with Gasteiger partial charge in [0.25, 0.3) is 0 Å². The Morgan fingerprint density at radius 3 is 2.13 bits per heavy atom. The number of nitrogens with zero attached hydrogens (tertiary/aromatic N) is 1. The Bertz CT molecular complexity index is 675. The van der Waals surface area contributed by atoms with E-state index < -0.39 is 5.97 Å². The largest absolute Gasteiger partial charge is 0.468 e. The summed E-state index contributed by atoms with van der Waals surface area (Å²) in [5.74, 6) is -0.562. The monoisotopic (exact) mass is 311 g/mol. The lowest BCUT2D eigenvalue weighted by Gasteiger charge is -2.25. The maximum atomic E-state index is 12.8. The number of aryl methyl sites for hydroxylation is 2. The first-order chi connectivity index (χ1) is 11.0. The average molecular weight is 311 g/mol. The highest BCUT2D eigenvalue weighted by atomic mass is 16.5. The molecule has 0 heterocycles. The van der Waals surface area contributed by atoms with Crippen LogP contribution in [-0.4, -0.2) is 25.5 Å². The lowest BCUT2D eigenvalue weighted by molar-refractivity contribution is -0.140. The molecule has 120 valence electrons. The van der Waals surface area contributed by atoms with Crippen molar-refractivity contribution in [3.63, 3.8) is 0 Å². The first-order valence-corrected chi connectivity index (χ1v) is 7.50. The van der Waals surface area contributed by atoms with E-state index in [1.165, 1.54) is 12.0 Å². The summed E-state index contributed by atoms with van der Waals surface area (Å²) in [5, 5.41) is 0. The van der Waals surface area contributed by atoms with E-state index in [9.17, 15) is 9.59 Å². The molecule has 1 amide bonds. The normalized spacial score (nSPS) is 10.2. The summed E-state index contributed by atoms with van der Waals surface area (Å²) in [7, 11) is 1.33. The van der Waals surface area contributed by atoms with Crippen LogP contribution in [0.5, 0.6) is 0 Å². The second-order valence-corrected chi connectivity index (χ2v) is 5.46. The highest BCUT2D eigenvalue weighted by molar-refractivity contribution is 6.00. The quantitative estimate of drug-likeness (QED) is 0.797. The minimum atomic E-state index is -0.436. The summed E-state index contributed by atoms with van der Waals surface area (Å²) in [6.45, 7) is 3.78. The SMILES string of the molecule is COC(=O)CN(C(=O)Cc1ccccc1)c1c(C)cccc1C. The summed E-state index contributed by atoms with van der Waals surface area (Å²) in [5.41, 5.74) is 3.60. The zero-order valence-corrected chi connectivity index (χ0v) is 13.7. The van der Waals surface area contributed by atoms with Gasteiger partial charge < -0.3 is 9.64 Å². The van der Waals surface area contributed by atoms with Gasteiger partial charge in [0.05, 0.1) is 19.2 Å². The number of methoxy groups -OCH3 is 1. The Morgan fingerprint density at radius 1 is 0.957 bits per heavy atom.